The molecule has 2 fully saturated rings. The highest BCUT2D eigenvalue weighted by Crippen LogP contribution is 2.46. The molecule has 0 radical (unpaired) electrons. The van der Waals surface area contributed by atoms with Crippen LogP contribution in [0.5, 0.6) is 0 Å². The molecule has 2 heterocycles. The number of nitrogens with zero attached hydrogens (tertiary/aromatic N) is 1. The van der Waals surface area contributed by atoms with Crippen LogP contribution in [0.1, 0.15) is 36.0 Å². The molecule has 0 aromatic carbocycles. The SMILES string of the molecule is CC(C)(C)OC(=O)N1CC2C(C1)C2NCc1cc(C(N)=O)cs1. The molecule has 2 unspecified atom stereocenters. The number of rotatable bonds is 4. The molecule has 0 spiro atoms. The Kier molecular flexibility index (Phi) is 4.10. The number of ether oxygens (including phenoxy) is 1. The second kappa shape index (κ2) is 5.79. The number of nitrogens with one attached hydrogen (secondary N) is 1. The average Bonchev–Trinajstić information content (AvgIpc) is 2.86. The third-order valence-electron chi connectivity index (χ3n) is 4.30. The quantitative estimate of drug-likeness (QED) is 0.877. The first kappa shape index (κ1) is 16.3. The minimum absolute atomic E-state index is 0.215. The van der Waals surface area contributed by atoms with Crippen LogP contribution < -0.4 is 11.1 Å². The molecule has 1 aromatic heterocycles. The topological polar surface area (TPSA) is 84.7 Å². The van der Waals surface area contributed by atoms with E-state index in [1.165, 1.54) is 11.3 Å². The van der Waals surface area contributed by atoms with E-state index in [0.717, 1.165) is 24.5 Å². The van der Waals surface area contributed by atoms with E-state index < -0.39 is 5.60 Å². The van der Waals surface area contributed by atoms with E-state index in [0.29, 0.717) is 23.4 Å². The second-order valence-electron chi connectivity index (χ2n) is 7.29. The molecule has 1 aromatic rings. The number of amides is 2. The van der Waals surface area contributed by atoms with E-state index in [1.807, 2.05) is 26.8 Å². The molecule has 1 aliphatic heterocycles. The number of nitrogens with two attached hydrogens (primary N) is 1. The molecule has 3 rings (SSSR count). The lowest BCUT2D eigenvalue weighted by Gasteiger charge is -2.26. The number of carbonyl (C=O) groups excluding carboxylic acids is 2. The van der Waals surface area contributed by atoms with Gasteiger partial charge < -0.3 is 20.7 Å². The van der Waals surface area contributed by atoms with Crippen LogP contribution in [0.25, 0.3) is 0 Å². The first-order valence-corrected chi connectivity index (χ1v) is 8.71. The minimum Gasteiger partial charge on any atom is -0.444 e. The molecule has 0 bridgehead atoms. The molecule has 6 nitrogen and oxygen atoms in total. The summed E-state index contributed by atoms with van der Waals surface area (Å²) in [5.41, 5.74) is 5.38. The lowest BCUT2D eigenvalue weighted by molar-refractivity contribution is 0.0269. The van der Waals surface area contributed by atoms with Crippen LogP contribution in [0.3, 0.4) is 0 Å². The molecule has 2 amide bonds. The average molecular weight is 337 g/mol. The zero-order chi connectivity index (χ0) is 16.8. The van der Waals surface area contributed by atoms with Gasteiger partial charge in [-0.1, -0.05) is 0 Å². The van der Waals surface area contributed by atoms with E-state index in [2.05, 4.69) is 5.32 Å². The van der Waals surface area contributed by atoms with Crippen molar-refractivity contribution in [1.29, 1.82) is 0 Å². The number of piperidine rings is 1. The molecule has 7 heteroatoms. The van der Waals surface area contributed by atoms with Crippen LogP contribution in [0.4, 0.5) is 4.79 Å². The van der Waals surface area contributed by atoms with E-state index in [1.54, 1.807) is 10.3 Å². The van der Waals surface area contributed by atoms with Crippen LogP contribution in [0.15, 0.2) is 11.4 Å². The molecule has 2 atom stereocenters. The predicted octanol–water partition coefficient (Wildman–Crippen LogP) is 1.80. The van der Waals surface area contributed by atoms with Gasteiger partial charge in [0.2, 0.25) is 5.91 Å². The van der Waals surface area contributed by atoms with Gasteiger partial charge >= 0.3 is 6.09 Å². The minimum atomic E-state index is -0.446. The highest BCUT2D eigenvalue weighted by molar-refractivity contribution is 7.10. The molecule has 1 saturated carbocycles. The van der Waals surface area contributed by atoms with Crippen molar-refractivity contribution in [2.45, 2.75) is 39.0 Å². The fourth-order valence-corrected chi connectivity index (χ4v) is 3.95. The Bertz CT molecular complexity index is 610. The monoisotopic (exact) mass is 337 g/mol. The van der Waals surface area contributed by atoms with Gasteiger partial charge in [-0.3, -0.25) is 4.79 Å². The zero-order valence-electron chi connectivity index (χ0n) is 13.7. The van der Waals surface area contributed by atoms with Crippen molar-refractivity contribution in [1.82, 2.24) is 10.2 Å². The van der Waals surface area contributed by atoms with Crippen LogP contribution in [0, 0.1) is 11.8 Å². The maximum absolute atomic E-state index is 12.0. The van der Waals surface area contributed by atoms with Crippen LogP contribution >= 0.6 is 11.3 Å². The number of hydrogen-bond acceptors (Lipinski definition) is 5. The predicted molar refractivity (Wildman–Crippen MR) is 88.3 cm³/mol. The summed E-state index contributed by atoms with van der Waals surface area (Å²) in [5, 5.41) is 5.30. The fourth-order valence-electron chi connectivity index (χ4n) is 3.13. The number of primary amides is 1. The summed E-state index contributed by atoms with van der Waals surface area (Å²) in [7, 11) is 0. The third kappa shape index (κ3) is 3.67. The van der Waals surface area contributed by atoms with Gasteiger partial charge in [-0.15, -0.1) is 11.3 Å². The van der Waals surface area contributed by atoms with Crippen molar-refractivity contribution in [2.75, 3.05) is 13.1 Å². The van der Waals surface area contributed by atoms with Gasteiger partial charge in [0.15, 0.2) is 0 Å². The Morgan fingerprint density at radius 1 is 1.39 bits per heavy atom. The number of thiophene rings is 1. The van der Waals surface area contributed by atoms with Gasteiger partial charge in [-0.25, -0.2) is 4.79 Å². The Hall–Kier alpha value is -1.60. The van der Waals surface area contributed by atoms with Crippen molar-refractivity contribution < 1.29 is 14.3 Å². The van der Waals surface area contributed by atoms with E-state index in [4.69, 9.17) is 10.5 Å². The number of likely N-dealkylation sites (tertiary alicyclic amines) is 1. The summed E-state index contributed by atoms with van der Waals surface area (Å²) < 4.78 is 5.40. The van der Waals surface area contributed by atoms with Crippen molar-refractivity contribution in [3.63, 3.8) is 0 Å². The van der Waals surface area contributed by atoms with Gasteiger partial charge in [0.25, 0.3) is 0 Å². The van der Waals surface area contributed by atoms with Gasteiger partial charge in [-0.05, 0) is 38.7 Å². The Morgan fingerprint density at radius 3 is 2.57 bits per heavy atom. The van der Waals surface area contributed by atoms with Gasteiger partial charge in [-0.2, -0.15) is 0 Å². The highest BCUT2D eigenvalue weighted by atomic mass is 32.1. The molecule has 1 aliphatic carbocycles. The number of hydrogen-bond donors (Lipinski definition) is 2. The van der Waals surface area contributed by atoms with E-state index in [9.17, 15) is 9.59 Å². The Balaban J connectivity index is 1.43. The normalized spacial score (nSPS) is 26.0. The zero-order valence-corrected chi connectivity index (χ0v) is 14.5. The molecular formula is C16H23N3O3S. The van der Waals surface area contributed by atoms with Crippen molar-refractivity contribution in [2.24, 2.45) is 17.6 Å². The maximum Gasteiger partial charge on any atom is 0.410 e. The van der Waals surface area contributed by atoms with Gasteiger partial charge in [0.1, 0.15) is 5.60 Å². The standard InChI is InChI=1S/C16H23N3O3S/c1-16(2,3)22-15(21)19-6-11-12(7-19)13(11)18-5-10-4-9(8-23-10)14(17)20/h4,8,11-13,18H,5-7H2,1-3H3,(H2,17,20). The second-order valence-corrected chi connectivity index (χ2v) is 8.28. The largest absolute Gasteiger partial charge is 0.444 e. The van der Waals surface area contributed by atoms with Crippen LogP contribution in [0.2, 0.25) is 0 Å². The highest BCUT2D eigenvalue weighted by Gasteiger charge is 2.56. The summed E-state index contributed by atoms with van der Waals surface area (Å²) in [6, 6.07) is 2.29. The number of fused-ring (bicyclic) bond motifs is 1. The number of carbonyl (C=O) groups is 2. The Labute approximate surface area is 140 Å². The van der Waals surface area contributed by atoms with Crippen molar-refractivity contribution >= 4 is 23.3 Å². The summed E-state index contributed by atoms with van der Waals surface area (Å²) in [5.74, 6) is 0.639. The molecule has 23 heavy (non-hydrogen) atoms. The van der Waals surface area contributed by atoms with Gasteiger partial charge in [0.05, 0.1) is 5.56 Å². The van der Waals surface area contributed by atoms with Crippen LogP contribution in [-0.2, 0) is 11.3 Å². The van der Waals surface area contributed by atoms with Gasteiger partial charge in [0, 0.05) is 35.9 Å². The summed E-state index contributed by atoms with van der Waals surface area (Å²) in [6.45, 7) is 7.90. The van der Waals surface area contributed by atoms with E-state index >= 15 is 0 Å². The van der Waals surface area contributed by atoms with Crippen molar-refractivity contribution in [3.05, 3.63) is 21.9 Å². The molecule has 3 N–H and O–H groups in total. The summed E-state index contributed by atoms with van der Waals surface area (Å²) in [6.07, 6.45) is -0.215. The molecule has 126 valence electrons. The molecular weight excluding hydrogens is 314 g/mol. The van der Waals surface area contributed by atoms with Crippen molar-refractivity contribution in [3.8, 4) is 0 Å². The first-order valence-electron chi connectivity index (χ1n) is 7.83. The van der Waals surface area contributed by atoms with E-state index in [-0.39, 0.29) is 12.0 Å². The smallest absolute Gasteiger partial charge is 0.410 e. The van der Waals surface area contributed by atoms with Crippen LogP contribution in [-0.4, -0.2) is 41.6 Å². The maximum atomic E-state index is 12.0. The Morgan fingerprint density at radius 2 is 2.04 bits per heavy atom. The summed E-state index contributed by atoms with van der Waals surface area (Å²) in [4.78, 5) is 26.0. The molecule has 1 saturated heterocycles. The third-order valence-corrected chi connectivity index (χ3v) is 5.23. The first-order chi connectivity index (χ1) is 10.7. The molecule has 2 aliphatic rings. The lowest BCUT2D eigenvalue weighted by Crippen LogP contribution is -2.39. The lowest BCUT2D eigenvalue weighted by atomic mass is 10.2. The fraction of sp³-hybridized carbons (Fsp3) is 0.625. The summed E-state index contributed by atoms with van der Waals surface area (Å²) >= 11 is 1.54.